The molecule has 0 spiro atoms. The summed E-state index contributed by atoms with van der Waals surface area (Å²) in [6.45, 7) is 8.92. The van der Waals surface area contributed by atoms with Crippen LogP contribution in [0, 0.1) is 5.92 Å². The Bertz CT molecular complexity index is 1440. The number of thiophene rings is 1. The zero-order chi connectivity index (χ0) is 29.5. The Balaban J connectivity index is 1.52. The highest BCUT2D eigenvalue weighted by Gasteiger charge is 2.24. The Morgan fingerprint density at radius 3 is 2.37 bits per heavy atom. The Labute approximate surface area is 248 Å². The van der Waals surface area contributed by atoms with Gasteiger partial charge in [0.15, 0.2) is 0 Å². The van der Waals surface area contributed by atoms with Crippen molar-refractivity contribution in [3.05, 3.63) is 81.8 Å². The molecule has 2 heterocycles. The number of aromatic nitrogens is 2. The molecule has 0 aliphatic heterocycles. The lowest BCUT2D eigenvalue weighted by Crippen LogP contribution is -2.47. The highest BCUT2D eigenvalue weighted by Crippen LogP contribution is 2.28. The Morgan fingerprint density at radius 2 is 1.76 bits per heavy atom. The highest BCUT2D eigenvalue weighted by atomic mass is 32.1. The predicted octanol–water partition coefficient (Wildman–Crippen LogP) is 6.58. The number of nitrogens with one attached hydrogen (secondary N) is 2. The number of anilines is 1. The SMILES string of the molecule is CCC(CC)n1c(Cc2cccs2)nc2cc(C(=O)N[C@@H](CC(C)C)C(=O)NCc3ccc(N(C)C)cc3)ccc21. The molecule has 1 atom stereocenters. The van der Waals surface area contributed by atoms with Gasteiger partial charge in [-0.3, -0.25) is 9.59 Å². The molecule has 2 amide bonds. The van der Waals surface area contributed by atoms with E-state index in [9.17, 15) is 9.59 Å². The van der Waals surface area contributed by atoms with Gasteiger partial charge in [-0.15, -0.1) is 11.3 Å². The summed E-state index contributed by atoms with van der Waals surface area (Å²) in [6.07, 6.45) is 3.33. The van der Waals surface area contributed by atoms with E-state index in [0.717, 1.165) is 47.4 Å². The number of carbonyl (C=O) groups excluding carboxylic acids is 2. The molecule has 0 unspecified atom stereocenters. The van der Waals surface area contributed by atoms with Crippen LogP contribution in [0.1, 0.15) is 79.6 Å². The molecule has 4 rings (SSSR count). The van der Waals surface area contributed by atoms with Crippen molar-refractivity contribution in [1.82, 2.24) is 20.2 Å². The first-order valence-electron chi connectivity index (χ1n) is 14.6. The summed E-state index contributed by atoms with van der Waals surface area (Å²) in [6, 6.07) is 17.7. The van der Waals surface area contributed by atoms with Crippen molar-refractivity contribution in [3.8, 4) is 0 Å². The van der Waals surface area contributed by atoms with Crippen LogP contribution in [0.3, 0.4) is 0 Å². The molecule has 8 heteroatoms. The molecule has 0 aliphatic carbocycles. The number of benzene rings is 2. The molecule has 7 nitrogen and oxygen atoms in total. The molecule has 0 saturated heterocycles. The Kier molecular flexibility index (Phi) is 10.2. The van der Waals surface area contributed by atoms with Gasteiger partial charge in [-0.2, -0.15) is 0 Å². The van der Waals surface area contributed by atoms with E-state index in [1.165, 1.54) is 4.88 Å². The zero-order valence-electron chi connectivity index (χ0n) is 25.1. The summed E-state index contributed by atoms with van der Waals surface area (Å²) in [7, 11) is 3.99. The van der Waals surface area contributed by atoms with Crippen LogP contribution in [0.4, 0.5) is 5.69 Å². The maximum absolute atomic E-state index is 13.4. The zero-order valence-corrected chi connectivity index (χ0v) is 25.9. The molecule has 0 fully saturated rings. The molecule has 2 aromatic carbocycles. The first-order valence-corrected chi connectivity index (χ1v) is 15.5. The summed E-state index contributed by atoms with van der Waals surface area (Å²) >= 11 is 1.73. The second-order valence-electron chi connectivity index (χ2n) is 11.3. The lowest BCUT2D eigenvalue weighted by Gasteiger charge is -2.21. The van der Waals surface area contributed by atoms with E-state index in [4.69, 9.17) is 4.98 Å². The number of hydrogen-bond acceptors (Lipinski definition) is 5. The van der Waals surface area contributed by atoms with E-state index >= 15 is 0 Å². The van der Waals surface area contributed by atoms with Crippen LogP contribution in [0.2, 0.25) is 0 Å². The van der Waals surface area contributed by atoms with Gasteiger partial charge in [-0.05, 0) is 72.5 Å². The largest absolute Gasteiger partial charge is 0.378 e. The fourth-order valence-corrected chi connectivity index (χ4v) is 5.92. The van der Waals surface area contributed by atoms with Gasteiger partial charge in [0, 0.05) is 49.2 Å². The van der Waals surface area contributed by atoms with Gasteiger partial charge in [0.2, 0.25) is 5.91 Å². The fraction of sp³-hybridized carbons (Fsp3) is 0.424. The average Bonchev–Trinajstić information content (AvgIpc) is 3.59. The fourth-order valence-electron chi connectivity index (χ4n) is 5.21. The molecule has 2 aromatic heterocycles. The standard InChI is InChI=1S/C33H43N5O2S/c1-7-25(8-2)38-30-16-13-24(19-28(30)35-31(38)20-27-10-9-17-41-27)32(39)36-29(18-22(3)4)33(40)34-21-23-11-14-26(15-12-23)37(5)6/h9-17,19,22,25,29H,7-8,18,20-21H2,1-6H3,(H,34,40)(H,36,39)/t29-/m0/s1. The molecule has 218 valence electrons. The molecule has 2 N–H and O–H groups in total. The maximum Gasteiger partial charge on any atom is 0.252 e. The molecule has 0 radical (unpaired) electrons. The van der Waals surface area contributed by atoms with Crippen LogP contribution < -0.4 is 15.5 Å². The predicted molar refractivity (Wildman–Crippen MR) is 170 cm³/mol. The molecule has 0 bridgehead atoms. The maximum atomic E-state index is 13.4. The molecule has 0 aliphatic rings. The van der Waals surface area contributed by atoms with E-state index < -0.39 is 6.04 Å². The third-order valence-corrected chi connectivity index (χ3v) is 8.37. The number of amides is 2. The molecule has 4 aromatic rings. The van der Waals surface area contributed by atoms with Crippen LogP contribution in [0.5, 0.6) is 0 Å². The minimum absolute atomic E-state index is 0.180. The van der Waals surface area contributed by atoms with E-state index in [0.29, 0.717) is 24.6 Å². The molecular formula is C33H43N5O2S. The van der Waals surface area contributed by atoms with Crippen LogP contribution >= 0.6 is 11.3 Å². The monoisotopic (exact) mass is 573 g/mol. The van der Waals surface area contributed by atoms with Crippen molar-refractivity contribution in [1.29, 1.82) is 0 Å². The first kappa shape index (κ1) is 30.3. The van der Waals surface area contributed by atoms with Gasteiger partial charge in [0.1, 0.15) is 11.9 Å². The van der Waals surface area contributed by atoms with Gasteiger partial charge in [-0.25, -0.2) is 4.98 Å². The van der Waals surface area contributed by atoms with Crippen LogP contribution in [0.25, 0.3) is 11.0 Å². The third-order valence-electron chi connectivity index (χ3n) is 7.49. The number of hydrogen-bond donors (Lipinski definition) is 2. The average molecular weight is 574 g/mol. The second kappa shape index (κ2) is 13.8. The quantitative estimate of drug-likeness (QED) is 0.189. The van der Waals surface area contributed by atoms with Gasteiger partial charge >= 0.3 is 0 Å². The normalized spacial score (nSPS) is 12.2. The minimum Gasteiger partial charge on any atom is -0.378 e. The van der Waals surface area contributed by atoms with E-state index in [1.54, 1.807) is 11.3 Å². The highest BCUT2D eigenvalue weighted by molar-refractivity contribution is 7.09. The van der Waals surface area contributed by atoms with Gasteiger partial charge < -0.3 is 20.1 Å². The summed E-state index contributed by atoms with van der Waals surface area (Å²) in [5, 5.41) is 8.11. The van der Waals surface area contributed by atoms with Crippen molar-refractivity contribution in [2.24, 2.45) is 5.92 Å². The molecular weight excluding hydrogens is 530 g/mol. The van der Waals surface area contributed by atoms with Gasteiger partial charge in [0.25, 0.3) is 5.91 Å². The van der Waals surface area contributed by atoms with Crippen LogP contribution in [0.15, 0.2) is 60.0 Å². The topological polar surface area (TPSA) is 79.3 Å². The summed E-state index contributed by atoms with van der Waals surface area (Å²) in [4.78, 5) is 34.9. The Hall–Kier alpha value is -3.65. The van der Waals surface area contributed by atoms with Crippen LogP contribution in [-0.4, -0.2) is 41.5 Å². The second-order valence-corrected chi connectivity index (χ2v) is 12.3. The lowest BCUT2D eigenvalue weighted by atomic mass is 10.0. The number of fused-ring (bicyclic) bond motifs is 1. The van der Waals surface area contributed by atoms with Crippen LogP contribution in [-0.2, 0) is 17.8 Å². The van der Waals surface area contributed by atoms with E-state index in [-0.39, 0.29) is 17.7 Å². The number of carbonyl (C=O) groups is 2. The molecule has 41 heavy (non-hydrogen) atoms. The van der Waals surface area contributed by atoms with Crippen molar-refractivity contribution in [2.45, 2.75) is 72.0 Å². The molecule has 0 saturated carbocycles. The summed E-state index contributed by atoms with van der Waals surface area (Å²) in [5.74, 6) is 0.814. The summed E-state index contributed by atoms with van der Waals surface area (Å²) < 4.78 is 2.34. The van der Waals surface area contributed by atoms with Gasteiger partial charge in [0.05, 0.1) is 11.0 Å². The van der Waals surface area contributed by atoms with Crippen molar-refractivity contribution < 1.29 is 9.59 Å². The van der Waals surface area contributed by atoms with Gasteiger partial charge in [-0.1, -0.05) is 45.9 Å². The number of rotatable bonds is 13. The lowest BCUT2D eigenvalue weighted by molar-refractivity contribution is -0.123. The number of imidazole rings is 1. The van der Waals surface area contributed by atoms with E-state index in [1.807, 2.05) is 61.5 Å². The number of nitrogens with zero attached hydrogens (tertiary/aromatic N) is 3. The minimum atomic E-state index is -0.629. The Morgan fingerprint density at radius 1 is 1.02 bits per heavy atom. The van der Waals surface area contributed by atoms with Crippen molar-refractivity contribution in [2.75, 3.05) is 19.0 Å². The van der Waals surface area contributed by atoms with Crippen molar-refractivity contribution in [3.63, 3.8) is 0 Å². The third kappa shape index (κ3) is 7.55. The van der Waals surface area contributed by atoms with Crippen molar-refractivity contribution >= 4 is 39.9 Å². The summed E-state index contributed by atoms with van der Waals surface area (Å²) in [5.41, 5.74) is 4.47. The van der Waals surface area contributed by atoms with E-state index in [2.05, 4.69) is 60.4 Å². The smallest absolute Gasteiger partial charge is 0.252 e. The first-order chi connectivity index (χ1) is 19.7.